The van der Waals surface area contributed by atoms with Gasteiger partial charge in [-0.25, -0.2) is 0 Å². The van der Waals surface area contributed by atoms with Gasteiger partial charge in [0.1, 0.15) is 5.78 Å². The van der Waals surface area contributed by atoms with E-state index in [-0.39, 0.29) is 0 Å². The standard InChI is InChI=1S/C21H36O/c1-3-17(2)15-19-11-8-12-20(14-13-19)21(22)16-18-9-6-4-5-7-10-18/h3,18-20H,4-16H2,1-2H3. The van der Waals surface area contributed by atoms with E-state index in [2.05, 4.69) is 19.9 Å². The number of Topliss-reactive ketones (excluding diaryl/α,β-unsaturated/α-hetero) is 1. The summed E-state index contributed by atoms with van der Waals surface area (Å²) in [6.07, 6.45) is 18.7. The first kappa shape index (κ1) is 17.8. The summed E-state index contributed by atoms with van der Waals surface area (Å²) >= 11 is 0. The van der Waals surface area contributed by atoms with Crippen molar-refractivity contribution in [3.63, 3.8) is 0 Å². The normalized spacial score (nSPS) is 28.9. The van der Waals surface area contributed by atoms with Crippen LogP contribution in [0.2, 0.25) is 0 Å². The Bertz CT molecular complexity index is 360. The third kappa shape index (κ3) is 5.89. The fourth-order valence-corrected chi connectivity index (χ4v) is 4.50. The topological polar surface area (TPSA) is 17.1 Å². The molecule has 0 aromatic carbocycles. The SMILES string of the molecule is CC=C(C)CC1CCCC(C(=O)CC2CCCCCC2)CC1. The minimum Gasteiger partial charge on any atom is -0.299 e. The number of hydrogen-bond acceptors (Lipinski definition) is 1. The van der Waals surface area contributed by atoms with Crippen LogP contribution in [-0.4, -0.2) is 5.78 Å². The molecule has 2 aliphatic carbocycles. The van der Waals surface area contributed by atoms with E-state index >= 15 is 0 Å². The molecule has 2 fully saturated rings. The number of ketones is 1. The highest BCUT2D eigenvalue weighted by atomic mass is 16.1. The van der Waals surface area contributed by atoms with Crippen LogP contribution in [0.1, 0.15) is 97.3 Å². The maximum atomic E-state index is 12.7. The van der Waals surface area contributed by atoms with Crippen LogP contribution in [0, 0.1) is 17.8 Å². The van der Waals surface area contributed by atoms with E-state index in [9.17, 15) is 4.79 Å². The van der Waals surface area contributed by atoms with Crippen LogP contribution >= 0.6 is 0 Å². The molecular weight excluding hydrogens is 268 g/mol. The summed E-state index contributed by atoms with van der Waals surface area (Å²) in [4.78, 5) is 12.7. The number of rotatable bonds is 5. The highest BCUT2D eigenvalue weighted by Gasteiger charge is 2.26. The lowest BCUT2D eigenvalue weighted by Gasteiger charge is -2.18. The van der Waals surface area contributed by atoms with E-state index in [0.717, 1.165) is 25.2 Å². The average Bonchev–Trinajstić information content (AvgIpc) is 2.90. The summed E-state index contributed by atoms with van der Waals surface area (Å²) in [5, 5.41) is 0. The number of hydrogen-bond donors (Lipinski definition) is 0. The Kier molecular flexibility index (Phi) is 7.69. The Morgan fingerprint density at radius 3 is 2.14 bits per heavy atom. The molecule has 0 N–H and O–H groups in total. The fourth-order valence-electron chi connectivity index (χ4n) is 4.50. The third-order valence-electron chi connectivity index (χ3n) is 6.11. The molecule has 2 unspecified atom stereocenters. The van der Waals surface area contributed by atoms with Gasteiger partial charge in [-0.05, 0) is 51.4 Å². The molecule has 2 rings (SSSR count). The molecule has 126 valence electrons. The van der Waals surface area contributed by atoms with E-state index < -0.39 is 0 Å². The molecule has 0 radical (unpaired) electrons. The smallest absolute Gasteiger partial charge is 0.136 e. The lowest BCUT2D eigenvalue weighted by molar-refractivity contribution is -0.124. The summed E-state index contributed by atoms with van der Waals surface area (Å²) in [6, 6.07) is 0. The van der Waals surface area contributed by atoms with Crippen molar-refractivity contribution in [2.75, 3.05) is 0 Å². The van der Waals surface area contributed by atoms with E-state index in [4.69, 9.17) is 0 Å². The van der Waals surface area contributed by atoms with Crippen LogP contribution < -0.4 is 0 Å². The minimum absolute atomic E-state index is 0.388. The van der Waals surface area contributed by atoms with Crippen LogP contribution in [0.15, 0.2) is 11.6 Å². The zero-order valence-corrected chi connectivity index (χ0v) is 14.9. The molecule has 1 heteroatoms. The van der Waals surface area contributed by atoms with Crippen molar-refractivity contribution in [3.05, 3.63) is 11.6 Å². The molecule has 2 atom stereocenters. The van der Waals surface area contributed by atoms with E-state index in [1.165, 1.54) is 69.8 Å². The highest BCUT2D eigenvalue weighted by Crippen LogP contribution is 2.34. The molecule has 0 heterocycles. The second-order valence-corrected chi connectivity index (χ2v) is 7.94. The molecule has 0 bridgehead atoms. The summed E-state index contributed by atoms with van der Waals surface area (Å²) in [5.74, 6) is 2.53. The van der Waals surface area contributed by atoms with Crippen molar-refractivity contribution in [1.29, 1.82) is 0 Å². The predicted octanol–water partition coefficient (Wildman–Crippen LogP) is 6.47. The van der Waals surface area contributed by atoms with Gasteiger partial charge in [-0.2, -0.15) is 0 Å². The van der Waals surface area contributed by atoms with Crippen LogP contribution in [0.25, 0.3) is 0 Å². The van der Waals surface area contributed by atoms with Gasteiger partial charge in [-0.15, -0.1) is 0 Å². The Morgan fingerprint density at radius 2 is 1.45 bits per heavy atom. The molecule has 0 aromatic rings. The zero-order chi connectivity index (χ0) is 15.8. The van der Waals surface area contributed by atoms with E-state index in [1.807, 2.05) is 0 Å². The summed E-state index contributed by atoms with van der Waals surface area (Å²) in [5.41, 5.74) is 1.52. The Hall–Kier alpha value is -0.590. The Balaban J connectivity index is 1.78. The predicted molar refractivity (Wildman–Crippen MR) is 94.9 cm³/mol. The van der Waals surface area contributed by atoms with E-state index in [0.29, 0.717) is 17.6 Å². The lowest BCUT2D eigenvalue weighted by atomic mass is 9.86. The van der Waals surface area contributed by atoms with Crippen molar-refractivity contribution in [2.45, 2.75) is 97.3 Å². The molecule has 2 saturated carbocycles. The first-order valence-corrected chi connectivity index (χ1v) is 9.83. The second-order valence-electron chi connectivity index (χ2n) is 7.94. The van der Waals surface area contributed by atoms with Crippen molar-refractivity contribution in [1.82, 2.24) is 0 Å². The third-order valence-corrected chi connectivity index (χ3v) is 6.11. The summed E-state index contributed by atoms with van der Waals surface area (Å²) in [6.45, 7) is 4.39. The van der Waals surface area contributed by atoms with E-state index in [1.54, 1.807) is 0 Å². The molecule has 0 amide bonds. The largest absolute Gasteiger partial charge is 0.299 e. The maximum absolute atomic E-state index is 12.7. The molecule has 1 nitrogen and oxygen atoms in total. The molecule has 0 saturated heterocycles. The molecule has 0 spiro atoms. The number of carbonyl (C=O) groups excluding carboxylic acids is 1. The monoisotopic (exact) mass is 304 g/mol. The summed E-state index contributed by atoms with van der Waals surface area (Å²) in [7, 11) is 0. The van der Waals surface area contributed by atoms with Gasteiger partial charge in [-0.1, -0.05) is 63.0 Å². The van der Waals surface area contributed by atoms with Crippen LogP contribution in [0.5, 0.6) is 0 Å². The fraction of sp³-hybridized carbons (Fsp3) is 0.857. The van der Waals surface area contributed by atoms with Crippen molar-refractivity contribution in [3.8, 4) is 0 Å². The molecule has 0 aliphatic heterocycles. The van der Waals surface area contributed by atoms with Gasteiger partial charge in [0, 0.05) is 12.3 Å². The van der Waals surface area contributed by atoms with Crippen LogP contribution in [0.4, 0.5) is 0 Å². The van der Waals surface area contributed by atoms with Gasteiger partial charge in [0.2, 0.25) is 0 Å². The van der Waals surface area contributed by atoms with Crippen LogP contribution in [-0.2, 0) is 4.79 Å². The second kappa shape index (κ2) is 9.53. The van der Waals surface area contributed by atoms with Crippen molar-refractivity contribution >= 4 is 5.78 Å². The minimum atomic E-state index is 0.388. The summed E-state index contributed by atoms with van der Waals surface area (Å²) < 4.78 is 0. The number of allylic oxidation sites excluding steroid dienone is 2. The molecule has 22 heavy (non-hydrogen) atoms. The quantitative estimate of drug-likeness (QED) is 0.420. The first-order chi connectivity index (χ1) is 10.7. The Labute approximate surface area is 137 Å². The molecule has 2 aliphatic rings. The first-order valence-electron chi connectivity index (χ1n) is 9.83. The van der Waals surface area contributed by atoms with Gasteiger partial charge in [0.05, 0.1) is 0 Å². The van der Waals surface area contributed by atoms with Crippen molar-refractivity contribution in [2.24, 2.45) is 17.8 Å². The number of carbonyl (C=O) groups is 1. The van der Waals surface area contributed by atoms with Gasteiger partial charge in [-0.3, -0.25) is 4.79 Å². The van der Waals surface area contributed by atoms with Crippen molar-refractivity contribution < 1.29 is 4.79 Å². The van der Waals surface area contributed by atoms with Crippen LogP contribution in [0.3, 0.4) is 0 Å². The van der Waals surface area contributed by atoms with Gasteiger partial charge in [0.25, 0.3) is 0 Å². The van der Waals surface area contributed by atoms with Gasteiger partial charge >= 0.3 is 0 Å². The lowest BCUT2D eigenvalue weighted by Crippen LogP contribution is -2.18. The molecular formula is C21H36O. The molecule has 0 aromatic heterocycles. The van der Waals surface area contributed by atoms with Gasteiger partial charge in [0.15, 0.2) is 0 Å². The highest BCUT2D eigenvalue weighted by molar-refractivity contribution is 5.81. The zero-order valence-electron chi connectivity index (χ0n) is 14.9. The van der Waals surface area contributed by atoms with Gasteiger partial charge < -0.3 is 0 Å². The average molecular weight is 305 g/mol. The Morgan fingerprint density at radius 1 is 0.818 bits per heavy atom. The maximum Gasteiger partial charge on any atom is 0.136 e.